The van der Waals surface area contributed by atoms with Crippen molar-refractivity contribution < 1.29 is 24.2 Å². The molecule has 1 aliphatic carbocycles. The number of benzene rings is 2. The molecule has 0 unspecified atom stereocenters. The van der Waals surface area contributed by atoms with Crippen molar-refractivity contribution in [3.05, 3.63) is 66.2 Å². The van der Waals surface area contributed by atoms with Crippen LogP contribution in [-0.2, 0) is 20.8 Å². The predicted octanol–water partition coefficient (Wildman–Crippen LogP) is 3.48. The van der Waals surface area contributed by atoms with Crippen molar-refractivity contribution in [1.82, 2.24) is 0 Å². The van der Waals surface area contributed by atoms with E-state index in [2.05, 4.69) is 10.6 Å². The first-order chi connectivity index (χ1) is 14.5. The quantitative estimate of drug-likeness (QED) is 0.609. The van der Waals surface area contributed by atoms with Gasteiger partial charge in [-0.2, -0.15) is 0 Å². The van der Waals surface area contributed by atoms with Crippen molar-refractivity contribution in [2.75, 3.05) is 17.7 Å². The minimum atomic E-state index is -0.978. The molecule has 0 spiro atoms. The van der Waals surface area contributed by atoms with E-state index in [9.17, 15) is 19.5 Å². The zero-order valence-corrected chi connectivity index (χ0v) is 16.6. The monoisotopic (exact) mass is 408 g/mol. The number of carboxylic acids is 1. The van der Waals surface area contributed by atoms with Gasteiger partial charge in [-0.1, -0.05) is 42.5 Å². The van der Waals surface area contributed by atoms with Crippen molar-refractivity contribution in [1.29, 1.82) is 0 Å². The van der Waals surface area contributed by atoms with Crippen LogP contribution in [0.1, 0.15) is 18.4 Å². The molecule has 0 radical (unpaired) electrons. The molecule has 3 rings (SSSR count). The highest BCUT2D eigenvalue weighted by Crippen LogP contribution is 2.31. The van der Waals surface area contributed by atoms with Gasteiger partial charge in [0.15, 0.2) is 0 Å². The highest BCUT2D eigenvalue weighted by molar-refractivity contribution is 5.97. The van der Waals surface area contributed by atoms with Gasteiger partial charge in [-0.3, -0.25) is 14.4 Å². The zero-order chi connectivity index (χ0) is 21.5. The normalized spacial score (nSPS) is 17.8. The van der Waals surface area contributed by atoms with Gasteiger partial charge >= 0.3 is 5.97 Å². The molecule has 30 heavy (non-hydrogen) atoms. The lowest BCUT2D eigenvalue weighted by molar-refractivity contribution is -0.146. The van der Waals surface area contributed by atoms with E-state index in [1.165, 1.54) is 7.11 Å². The fraction of sp³-hybridized carbons (Fsp3) is 0.261. The molecule has 2 aromatic rings. The van der Waals surface area contributed by atoms with E-state index in [0.717, 1.165) is 5.56 Å². The summed E-state index contributed by atoms with van der Waals surface area (Å²) in [5.74, 6) is -2.50. The van der Waals surface area contributed by atoms with Crippen LogP contribution in [0.15, 0.2) is 60.7 Å². The number of hydrogen-bond acceptors (Lipinski definition) is 4. The summed E-state index contributed by atoms with van der Waals surface area (Å²) in [5.41, 5.74) is 1.85. The highest BCUT2D eigenvalue weighted by atomic mass is 16.5. The fourth-order valence-electron chi connectivity index (χ4n) is 3.46. The molecule has 2 aromatic carbocycles. The van der Waals surface area contributed by atoms with Gasteiger partial charge < -0.3 is 20.5 Å². The molecular formula is C23H24N2O5. The Bertz CT molecular complexity index is 955. The number of hydrogen-bond donors (Lipinski definition) is 3. The first-order valence-corrected chi connectivity index (χ1v) is 9.68. The Balaban J connectivity index is 1.67. The summed E-state index contributed by atoms with van der Waals surface area (Å²) in [6.07, 6.45) is 4.57. The Morgan fingerprint density at radius 2 is 1.70 bits per heavy atom. The molecule has 0 saturated heterocycles. The molecular weight excluding hydrogens is 384 g/mol. The van der Waals surface area contributed by atoms with Crippen LogP contribution in [0.4, 0.5) is 11.4 Å². The van der Waals surface area contributed by atoms with Crippen LogP contribution < -0.4 is 15.4 Å². The third-order valence-corrected chi connectivity index (χ3v) is 5.04. The average Bonchev–Trinajstić information content (AvgIpc) is 2.75. The SMILES string of the molecule is COc1cc(NC(=O)[C@@H]2CC=CC[C@H]2C(=O)O)ccc1NC(=O)Cc1ccccc1. The Morgan fingerprint density at radius 3 is 2.37 bits per heavy atom. The first kappa shape index (κ1) is 21.1. The van der Waals surface area contributed by atoms with Gasteiger partial charge in [0.05, 0.1) is 31.1 Å². The number of ether oxygens (including phenoxy) is 1. The number of rotatable bonds is 7. The average molecular weight is 408 g/mol. The molecule has 7 nitrogen and oxygen atoms in total. The second-order valence-corrected chi connectivity index (χ2v) is 7.11. The molecule has 7 heteroatoms. The third kappa shape index (κ3) is 5.26. The van der Waals surface area contributed by atoms with E-state index < -0.39 is 17.8 Å². The number of allylic oxidation sites excluding steroid dienone is 2. The summed E-state index contributed by atoms with van der Waals surface area (Å²) >= 11 is 0. The van der Waals surface area contributed by atoms with E-state index in [4.69, 9.17) is 4.74 Å². The second-order valence-electron chi connectivity index (χ2n) is 7.11. The van der Waals surface area contributed by atoms with Gasteiger partial charge in [-0.15, -0.1) is 0 Å². The molecule has 0 aromatic heterocycles. The molecule has 2 amide bonds. The summed E-state index contributed by atoms with van der Waals surface area (Å²) in [6, 6.07) is 14.3. The third-order valence-electron chi connectivity index (χ3n) is 5.04. The highest BCUT2D eigenvalue weighted by Gasteiger charge is 2.34. The van der Waals surface area contributed by atoms with Crippen molar-refractivity contribution in [3.8, 4) is 5.75 Å². The Kier molecular flexibility index (Phi) is 6.85. The van der Waals surface area contributed by atoms with Crippen LogP contribution in [-0.4, -0.2) is 30.0 Å². The number of aliphatic carboxylic acids is 1. The van der Waals surface area contributed by atoms with Crippen molar-refractivity contribution >= 4 is 29.2 Å². The van der Waals surface area contributed by atoms with Gasteiger partial charge in [0, 0.05) is 11.8 Å². The van der Waals surface area contributed by atoms with Crippen LogP contribution in [0, 0.1) is 11.8 Å². The molecule has 2 atom stereocenters. The maximum Gasteiger partial charge on any atom is 0.307 e. The molecule has 0 bridgehead atoms. The summed E-state index contributed by atoms with van der Waals surface area (Å²) in [7, 11) is 1.47. The van der Waals surface area contributed by atoms with Crippen LogP contribution in [0.3, 0.4) is 0 Å². The minimum absolute atomic E-state index is 0.186. The van der Waals surface area contributed by atoms with Gasteiger partial charge in [-0.25, -0.2) is 0 Å². The molecule has 156 valence electrons. The number of nitrogens with one attached hydrogen (secondary N) is 2. The maximum atomic E-state index is 12.6. The topological polar surface area (TPSA) is 105 Å². The molecule has 0 fully saturated rings. The largest absolute Gasteiger partial charge is 0.494 e. The number of carbonyl (C=O) groups is 3. The van der Waals surface area contributed by atoms with Crippen molar-refractivity contribution in [3.63, 3.8) is 0 Å². The predicted molar refractivity (Wildman–Crippen MR) is 113 cm³/mol. The van der Waals surface area contributed by atoms with Crippen molar-refractivity contribution in [2.24, 2.45) is 11.8 Å². The summed E-state index contributed by atoms with van der Waals surface area (Å²) in [5, 5.41) is 14.9. The number of carbonyl (C=O) groups excluding carboxylic acids is 2. The number of carboxylic acid groups (broad SMARTS) is 1. The zero-order valence-electron chi connectivity index (χ0n) is 16.6. The van der Waals surface area contributed by atoms with Gasteiger partial charge in [0.2, 0.25) is 11.8 Å². The Morgan fingerprint density at radius 1 is 1.00 bits per heavy atom. The smallest absolute Gasteiger partial charge is 0.307 e. The van der Waals surface area contributed by atoms with E-state index >= 15 is 0 Å². The van der Waals surface area contributed by atoms with Gasteiger partial charge in [0.25, 0.3) is 0 Å². The lowest BCUT2D eigenvalue weighted by Crippen LogP contribution is -2.34. The summed E-state index contributed by atoms with van der Waals surface area (Å²) in [4.78, 5) is 36.4. The van der Waals surface area contributed by atoms with Gasteiger partial charge in [0.1, 0.15) is 5.75 Å². The first-order valence-electron chi connectivity index (χ1n) is 9.68. The second kappa shape index (κ2) is 9.73. The Labute approximate surface area is 174 Å². The molecule has 0 saturated carbocycles. The summed E-state index contributed by atoms with van der Waals surface area (Å²) in [6.45, 7) is 0. The fourth-order valence-corrected chi connectivity index (χ4v) is 3.46. The van der Waals surface area contributed by atoms with Crippen molar-refractivity contribution in [2.45, 2.75) is 19.3 Å². The molecule has 0 aliphatic heterocycles. The Hall–Kier alpha value is -3.61. The maximum absolute atomic E-state index is 12.6. The number of amides is 2. The van der Waals surface area contributed by atoms with Crippen LogP contribution in [0.5, 0.6) is 5.75 Å². The van der Waals surface area contributed by atoms with E-state index in [1.807, 2.05) is 36.4 Å². The van der Waals surface area contributed by atoms with Crippen LogP contribution in [0.25, 0.3) is 0 Å². The summed E-state index contributed by atoms with van der Waals surface area (Å²) < 4.78 is 5.35. The lowest BCUT2D eigenvalue weighted by atomic mass is 9.82. The number of anilines is 2. The van der Waals surface area contributed by atoms with Crippen LogP contribution in [0.2, 0.25) is 0 Å². The van der Waals surface area contributed by atoms with E-state index in [-0.39, 0.29) is 18.2 Å². The molecule has 1 aliphatic rings. The van der Waals surface area contributed by atoms with Crippen LogP contribution >= 0.6 is 0 Å². The lowest BCUT2D eigenvalue weighted by Gasteiger charge is -2.24. The number of methoxy groups -OCH3 is 1. The standard InChI is InChI=1S/C23H24N2O5/c1-30-20-14-16(24-22(27)17-9-5-6-10-18(17)23(28)29)11-12-19(20)25-21(26)13-15-7-3-2-4-8-15/h2-8,11-12,14,17-18H,9-10,13H2,1H3,(H,24,27)(H,25,26)(H,28,29)/t17-,18-/m1/s1. The molecule has 0 heterocycles. The minimum Gasteiger partial charge on any atom is -0.494 e. The molecule has 3 N–H and O–H groups in total. The van der Waals surface area contributed by atoms with Gasteiger partial charge in [-0.05, 0) is 30.5 Å². The van der Waals surface area contributed by atoms with E-state index in [0.29, 0.717) is 30.0 Å². The van der Waals surface area contributed by atoms with E-state index in [1.54, 1.807) is 24.3 Å².